The highest BCUT2D eigenvalue weighted by Gasteiger charge is 2.16. The second kappa shape index (κ2) is 6.76. The normalized spacial score (nSPS) is 11.1. The number of aliphatic hydroxyl groups excluding tert-OH is 1. The molecule has 0 radical (unpaired) electrons. The van der Waals surface area contributed by atoms with Crippen molar-refractivity contribution < 1.29 is 5.11 Å². The Hall–Kier alpha value is -1.79. The molecule has 0 spiro atoms. The number of pyridine rings is 1. The molecule has 23 heavy (non-hydrogen) atoms. The van der Waals surface area contributed by atoms with Gasteiger partial charge in [0, 0.05) is 58.4 Å². The van der Waals surface area contributed by atoms with Crippen molar-refractivity contribution >= 4 is 34.5 Å². The van der Waals surface area contributed by atoms with Gasteiger partial charge in [-0.3, -0.25) is 0 Å². The van der Waals surface area contributed by atoms with Crippen molar-refractivity contribution in [1.82, 2.24) is 9.38 Å². The van der Waals surface area contributed by atoms with Gasteiger partial charge < -0.3 is 20.6 Å². The molecule has 4 N–H and O–H groups in total. The molecule has 0 unspecified atom stereocenters. The monoisotopic (exact) mass is 350 g/mol. The minimum absolute atomic E-state index is 0.0167. The Balaban J connectivity index is 2.27. The average molecular weight is 351 g/mol. The molecule has 0 saturated heterocycles. The quantitative estimate of drug-likeness (QED) is 0.660. The van der Waals surface area contributed by atoms with Crippen LogP contribution in [-0.4, -0.2) is 27.6 Å². The summed E-state index contributed by atoms with van der Waals surface area (Å²) in [6, 6.07) is 5.37. The number of rotatable bonds is 5. The van der Waals surface area contributed by atoms with Crippen LogP contribution in [0.1, 0.15) is 5.56 Å². The summed E-state index contributed by atoms with van der Waals surface area (Å²) < 4.78 is 1.90. The van der Waals surface area contributed by atoms with E-state index >= 15 is 0 Å². The molecule has 0 amide bonds. The molecule has 120 valence electrons. The highest BCUT2D eigenvalue weighted by molar-refractivity contribution is 6.36. The van der Waals surface area contributed by atoms with Crippen LogP contribution in [0, 0.1) is 0 Å². The molecule has 2 aromatic heterocycles. The van der Waals surface area contributed by atoms with Gasteiger partial charge in [-0.1, -0.05) is 29.3 Å². The topological polar surface area (TPSA) is 75.6 Å². The summed E-state index contributed by atoms with van der Waals surface area (Å²) in [6.45, 7) is 0.738. The number of nitrogens with zero attached hydrogens (tertiary/aromatic N) is 2. The molecule has 3 rings (SSSR count). The first-order valence-corrected chi connectivity index (χ1v) is 7.90. The smallest absolute Gasteiger partial charge is 0.160 e. The Kier molecular flexibility index (Phi) is 4.73. The van der Waals surface area contributed by atoms with Gasteiger partial charge >= 0.3 is 0 Å². The minimum Gasteiger partial charge on any atom is -0.395 e. The van der Waals surface area contributed by atoms with Crippen LogP contribution >= 0.6 is 23.2 Å². The van der Waals surface area contributed by atoms with Crippen molar-refractivity contribution in [3.63, 3.8) is 0 Å². The Morgan fingerprint density at radius 1 is 1.26 bits per heavy atom. The average Bonchev–Trinajstić information content (AvgIpc) is 3.00. The van der Waals surface area contributed by atoms with Crippen LogP contribution in [0.2, 0.25) is 10.0 Å². The van der Waals surface area contributed by atoms with E-state index in [0.717, 1.165) is 28.0 Å². The number of benzene rings is 1. The maximum atomic E-state index is 9.12. The SMILES string of the molecule is NCc1c(-c2ccc(Cl)cc2Cl)cn2ccnc2c1NCCO. The van der Waals surface area contributed by atoms with Crippen LogP contribution in [0.3, 0.4) is 0 Å². The molecule has 0 bridgehead atoms. The molecule has 1 aromatic carbocycles. The number of hydrogen-bond acceptors (Lipinski definition) is 4. The van der Waals surface area contributed by atoms with Crippen LogP contribution in [0.5, 0.6) is 0 Å². The highest BCUT2D eigenvalue weighted by Crippen LogP contribution is 2.36. The number of nitrogens with two attached hydrogens (primary N) is 1. The molecular formula is C16H16Cl2N4O. The highest BCUT2D eigenvalue weighted by atomic mass is 35.5. The second-order valence-electron chi connectivity index (χ2n) is 5.03. The van der Waals surface area contributed by atoms with Gasteiger partial charge in [0.2, 0.25) is 0 Å². The van der Waals surface area contributed by atoms with E-state index in [-0.39, 0.29) is 6.61 Å². The molecule has 0 atom stereocenters. The number of halogens is 2. The fourth-order valence-corrected chi connectivity index (χ4v) is 3.13. The van der Waals surface area contributed by atoms with Crippen molar-refractivity contribution in [3.05, 3.63) is 52.4 Å². The predicted molar refractivity (Wildman–Crippen MR) is 94.1 cm³/mol. The zero-order chi connectivity index (χ0) is 16.4. The standard InChI is InChI=1S/C16H16Cl2N4O/c17-10-1-2-11(14(18)7-10)13-9-22-5-3-21-16(22)15(12(13)8-19)20-4-6-23/h1-3,5,7,9,20,23H,4,6,8,19H2. The first kappa shape index (κ1) is 16.1. The van der Waals surface area contributed by atoms with Crippen molar-refractivity contribution in [2.45, 2.75) is 6.54 Å². The molecule has 0 aliphatic rings. The van der Waals surface area contributed by atoms with Gasteiger partial charge in [0.1, 0.15) is 0 Å². The molecule has 2 heterocycles. The number of aromatic nitrogens is 2. The molecule has 0 saturated carbocycles. The maximum absolute atomic E-state index is 9.12. The zero-order valence-electron chi connectivity index (χ0n) is 12.3. The Morgan fingerprint density at radius 2 is 2.09 bits per heavy atom. The van der Waals surface area contributed by atoms with Crippen molar-refractivity contribution in [1.29, 1.82) is 0 Å². The third-order valence-electron chi connectivity index (χ3n) is 3.63. The van der Waals surface area contributed by atoms with Crippen LogP contribution in [0.4, 0.5) is 5.69 Å². The maximum Gasteiger partial charge on any atom is 0.160 e. The van der Waals surface area contributed by atoms with Gasteiger partial charge in [0.25, 0.3) is 0 Å². The van der Waals surface area contributed by atoms with Gasteiger partial charge in [-0.2, -0.15) is 0 Å². The number of aliphatic hydroxyl groups is 1. The van der Waals surface area contributed by atoms with E-state index in [1.165, 1.54) is 0 Å². The van der Waals surface area contributed by atoms with Gasteiger partial charge in [0.15, 0.2) is 5.65 Å². The Bertz CT molecular complexity index is 847. The summed E-state index contributed by atoms with van der Waals surface area (Å²) in [5, 5.41) is 13.5. The van der Waals surface area contributed by atoms with Gasteiger partial charge in [0.05, 0.1) is 12.3 Å². The molecule has 0 fully saturated rings. The number of imidazole rings is 1. The summed E-state index contributed by atoms with van der Waals surface area (Å²) in [7, 11) is 0. The minimum atomic E-state index is 0.0167. The summed E-state index contributed by atoms with van der Waals surface area (Å²) in [5.41, 5.74) is 10.2. The summed E-state index contributed by atoms with van der Waals surface area (Å²) in [4.78, 5) is 4.36. The van der Waals surface area contributed by atoms with Gasteiger partial charge in [-0.05, 0) is 12.1 Å². The second-order valence-corrected chi connectivity index (χ2v) is 5.88. The van der Waals surface area contributed by atoms with E-state index < -0.39 is 0 Å². The molecule has 5 nitrogen and oxygen atoms in total. The first-order chi connectivity index (χ1) is 11.2. The number of hydrogen-bond donors (Lipinski definition) is 3. The van der Waals surface area contributed by atoms with Crippen molar-refractivity contribution in [2.24, 2.45) is 5.73 Å². The molecule has 3 aromatic rings. The largest absolute Gasteiger partial charge is 0.395 e. The van der Waals surface area contributed by atoms with Gasteiger partial charge in [-0.25, -0.2) is 4.98 Å². The lowest BCUT2D eigenvalue weighted by atomic mass is 10.00. The summed E-state index contributed by atoms with van der Waals surface area (Å²) in [5.74, 6) is 0. The van der Waals surface area contributed by atoms with E-state index in [9.17, 15) is 0 Å². The Labute approximate surface area is 143 Å². The van der Waals surface area contributed by atoms with Crippen LogP contribution in [0.15, 0.2) is 36.8 Å². The van der Waals surface area contributed by atoms with Crippen LogP contribution in [-0.2, 0) is 6.54 Å². The van der Waals surface area contributed by atoms with Crippen molar-refractivity contribution in [2.75, 3.05) is 18.5 Å². The summed E-state index contributed by atoms with van der Waals surface area (Å²) >= 11 is 12.4. The van der Waals surface area contributed by atoms with Crippen LogP contribution < -0.4 is 11.1 Å². The van der Waals surface area contributed by atoms with E-state index in [2.05, 4.69) is 10.3 Å². The summed E-state index contributed by atoms with van der Waals surface area (Å²) in [6.07, 6.45) is 5.52. The first-order valence-electron chi connectivity index (χ1n) is 7.14. The fourth-order valence-electron chi connectivity index (χ4n) is 2.62. The molecular weight excluding hydrogens is 335 g/mol. The zero-order valence-corrected chi connectivity index (χ0v) is 13.8. The lowest BCUT2D eigenvalue weighted by Crippen LogP contribution is -2.12. The third-order valence-corrected chi connectivity index (χ3v) is 4.17. The predicted octanol–water partition coefficient (Wildman–Crippen LogP) is 3.17. The van der Waals surface area contributed by atoms with E-state index in [1.807, 2.05) is 22.9 Å². The molecule has 0 aliphatic heterocycles. The number of fused-ring (bicyclic) bond motifs is 1. The van der Waals surface area contributed by atoms with E-state index in [0.29, 0.717) is 23.1 Å². The van der Waals surface area contributed by atoms with Gasteiger partial charge in [-0.15, -0.1) is 0 Å². The molecule has 0 aliphatic carbocycles. The van der Waals surface area contributed by atoms with E-state index in [1.54, 1.807) is 18.3 Å². The van der Waals surface area contributed by atoms with Crippen molar-refractivity contribution in [3.8, 4) is 11.1 Å². The lowest BCUT2D eigenvalue weighted by molar-refractivity contribution is 0.311. The Morgan fingerprint density at radius 3 is 2.78 bits per heavy atom. The molecule has 7 heteroatoms. The fraction of sp³-hybridized carbons (Fsp3) is 0.188. The number of nitrogens with one attached hydrogen (secondary N) is 1. The van der Waals surface area contributed by atoms with Crippen LogP contribution in [0.25, 0.3) is 16.8 Å². The van der Waals surface area contributed by atoms with E-state index in [4.69, 9.17) is 34.0 Å². The number of anilines is 1. The lowest BCUT2D eigenvalue weighted by Gasteiger charge is -2.17. The third kappa shape index (κ3) is 3.01.